The lowest BCUT2D eigenvalue weighted by Gasteiger charge is -2.20. The van der Waals surface area contributed by atoms with Gasteiger partial charge in [0.15, 0.2) is 0 Å². The molecule has 2 atom stereocenters. The topological polar surface area (TPSA) is 67.4 Å². The number of nitrogens with one attached hydrogen (secondary N) is 2. The fourth-order valence-electron chi connectivity index (χ4n) is 2.00. The number of unbranched alkanes of at least 4 members (excludes halogenated alkanes) is 1. The highest BCUT2D eigenvalue weighted by Gasteiger charge is 2.23. The van der Waals surface area contributed by atoms with Gasteiger partial charge in [0, 0.05) is 5.69 Å². The predicted octanol–water partition coefficient (Wildman–Crippen LogP) is 3.64. The van der Waals surface area contributed by atoms with Crippen molar-refractivity contribution in [3.05, 3.63) is 28.2 Å². The van der Waals surface area contributed by atoms with Gasteiger partial charge in [0.1, 0.15) is 12.1 Å². The minimum Gasteiger partial charge on any atom is -0.467 e. The largest absolute Gasteiger partial charge is 0.467 e. The molecule has 1 amide bonds. The number of methoxy groups -OCH3 is 1. The molecule has 0 radical (unpaired) electrons. The zero-order chi connectivity index (χ0) is 17.4. The molecule has 0 aliphatic carbocycles. The van der Waals surface area contributed by atoms with Gasteiger partial charge in [0.25, 0.3) is 0 Å². The second-order valence-corrected chi connectivity index (χ2v) is 6.04. The molecule has 0 aromatic heterocycles. The molecule has 0 saturated carbocycles. The van der Waals surface area contributed by atoms with E-state index in [2.05, 4.69) is 10.6 Å². The van der Waals surface area contributed by atoms with Gasteiger partial charge in [-0.15, -0.1) is 0 Å². The number of hydrogen-bond acceptors (Lipinski definition) is 4. The number of carbonyl (C=O) groups is 2. The Bertz CT molecular complexity index is 552. The Morgan fingerprint density at radius 1 is 1.26 bits per heavy atom. The van der Waals surface area contributed by atoms with E-state index in [1.165, 1.54) is 7.11 Å². The summed E-state index contributed by atoms with van der Waals surface area (Å²) in [5.74, 6) is -0.726. The third kappa shape index (κ3) is 6.28. The molecular weight excluding hydrogens is 339 g/mol. The lowest BCUT2D eigenvalue weighted by atomic mass is 10.1. The predicted molar refractivity (Wildman–Crippen MR) is 93.0 cm³/mol. The molecule has 5 nitrogen and oxygen atoms in total. The Hall–Kier alpha value is -1.46. The van der Waals surface area contributed by atoms with Gasteiger partial charge in [-0.25, -0.2) is 4.79 Å². The smallest absolute Gasteiger partial charge is 0.328 e. The van der Waals surface area contributed by atoms with Gasteiger partial charge < -0.3 is 15.4 Å². The normalized spacial score (nSPS) is 13.1. The maximum atomic E-state index is 12.3. The Morgan fingerprint density at radius 3 is 2.52 bits per heavy atom. The standard InChI is InChI=1S/C16H22Cl2N2O3/c1-4-5-6-14(16(22)23-3)20-15(21)10(2)19-11-7-8-12(17)13(18)9-11/h7-10,14,19H,4-6H2,1-3H3,(H,20,21)/t10-,14?/m0/s1. The first-order valence-electron chi connectivity index (χ1n) is 7.48. The van der Waals surface area contributed by atoms with Crippen molar-refractivity contribution >= 4 is 40.8 Å². The molecular formula is C16H22Cl2N2O3. The zero-order valence-corrected chi connectivity index (χ0v) is 15.0. The van der Waals surface area contributed by atoms with Gasteiger partial charge in [-0.3, -0.25) is 4.79 Å². The van der Waals surface area contributed by atoms with E-state index < -0.39 is 18.1 Å². The summed E-state index contributed by atoms with van der Waals surface area (Å²) >= 11 is 11.8. The summed E-state index contributed by atoms with van der Waals surface area (Å²) in [4.78, 5) is 24.0. The van der Waals surface area contributed by atoms with E-state index in [9.17, 15) is 9.59 Å². The maximum absolute atomic E-state index is 12.3. The van der Waals surface area contributed by atoms with E-state index in [-0.39, 0.29) is 5.91 Å². The van der Waals surface area contributed by atoms with Crippen LogP contribution in [0.15, 0.2) is 18.2 Å². The van der Waals surface area contributed by atoms with Gasteiger partial charge in [0.2, 0.25) is 5.91 Å². The maximum Gasteiger partial charge on any atom is 0.328 e. The van der Waals surface area contributed by atoms with Crippen LogP contribution in [0.5, 0.6) is 0 Å². The molecule has 0 aliphatic rings. The minimum atomic E-state index is -0.634. The van der Waals surface area contributed by atoms with Crippen molar-refractivity contribution in [2.24, 2.45) is 0 Å². The molecule has 2 N–H and O–H groups in total. The van der Waals surface area contributed by atoms with Crippen LogP contribution in [0.25, 0.3) is 0 Å². The van der Waals surface area contributed by atoms with E-state index in [1.807, 2.05) is 6.92 Å². The van der Waals surface area contributed by atoms with Crippen molar-refractivity contribution in [1.82, 2.24) is 5.32 Å². The summed E-state index contributed by atoms with van der Waals surface area (Å²) in [6.45, 7) is 3.72. The van der Waals surface area contributed by atoms with Crippen LogP contribution in [0, 0.1) is 0 Å². The number of benzene rings is 1. The van der Waals surface area contributed by atoms with Crippen LogP contribution in [-0.2, 0) is 14.3 Å². The van der Waals surface area contributed by atoms with E-state index in [1.54, 1.807) is 25.1 Å². The Kier molecular flexibility index (Phi) is 8.20. The highest BCUT2D eigenvalue weighted by Crippen LogP contribution is 2.25. The van der Waals surface area contributed by atoms with Crippen LogP contribution in [0.3, 0.4) is 0 Å². The molecule has 0 saturated heterocycles. The van der Waals surface area contributed by atoms with Crippen LogP contribution in [0.1, 0.15) is 33.1 Å². The summed E-state index contributed by atoms with van der Waals surface area (Å²) in [6, 6.07) is 3.84. The first kappa shape index (κ1) is 19.6. The first-order chi connectivity index (χ1) is 10.9. The molecule has 1 aromatic carbocycles. The molecule has 1 rings (SSSR count). The molecule has 1 unspecified atom stereocenters. The average Bonchev–Trinajstić information content (AvgIpc) is 2.53. The number of rotatable bonds is 8. The Morgan fingerprint density at radius 2 is 1.96 bits per heavy atom. The summed E-state index contributed by atoms with van der Waals surface area (Å²) in [5, 5.41) is 6.58. The lowest BCUT2D eigenvalue weighted by molar-refractivity contribution is -0.145. The van der Waals surface area contributed by atoms with Gasteiger partial charge in [-0.05, 0) is 31.5 Å². The van der Waals surface area contributed by atoms with Crippen LogP contribution in [-0.4, -0.2) is 31.1 Å². The Balaban J connectivity index is 2.66. The van der Waals surface area contributed by atoms with Gasteiger partial charge in [-0.2, -0.15) is 0 Å². The monoisotopic (exact) mass is 360 g/mol. The van der Waals surface area contributed by atoms with Crippen molar-refractivity contribution in [2.75, 3.05) is 12.4 Å². The summed E-state index contributed by atoms with van der Waals surface area (Å²) in [6.07, 6.45) is 2.31. The highest BCUT2D eigenvalue weighted by molar-refractivity contribution is 6.42. The number of esters is 1. The minimum absolute atomic E-state index is 0.289. The molecule has 0 bridgehead atoms. The SMILES string of the molecule is CCCCC(NC(=O)[C@H](C)Nc1ccc(Cl)c(Cl)c1)C(=O)OC. The number of ether oxygens (including phenoxy) is 1. The molecule has 0 fully saturated rings. The number of anilines is 1. The molecule has 23 heavy (non-hydrogen) atoms. The van der Waals surface area contributed by atoms with Gasteiger partial charge in [-0.1, -0.05) is 43.0 Å². The summed E-state index contributed by atoms with van der Waals surface area (Å²) < 4.78 is 4.73. The fourth-order valence-corrected chi connectivity index (χ4v) is 2.30. The second-order valence-electron chi connectivity index (χ2n) is 5.22. The van der Waals surface area contributed by atoms with Crippen LogP contribution in [0.4, 0.5) is 5.69 Å². The molecule has 128 valence electrons. The van der Waals surface area contributed by atoms with Crippen LogP contribution < -0.4 is 10.6 Å². The van der Waals surface area contributed by atoms with Crippen LogP contribution >= 0.6 is 23.2 Å². The van der Waals surface area contributed by atoms with Gasteiger partial charge >= 0.3 is 5.97 Å². The molecule has 1 aromatic rings. The molecule has 0 heterocycles. The number of halogens is 2. The summed E-state index contributed by atoms with van der Waals surface area (Å²) in [5.41, 5.74) is 0.672. The molecule has 0 aliphatic heterocycles. The summed E-state index contributed by atoms with van der Waals surface area (Å²) in [7, 11) is 1.31. The van der Waals surface area contributed by atoms with Crippen molar-refractivity contribution in [1.29, 1.82) is 0 Å². The number of amides is 1. The molecule has 0 spiro atoms. The third-order valence-corrected chi connectivity index (χ3v) is 4.08. The van der Waals surface area contributed by atoms with Crippen molar-refractivity contribution in [3.63, 3.8) is 0 Å². The van der Waals surface area contributed by atoms with E-state index in [0.717, 1.165) is 12.8 Å². The Labute approximate surface area is 146 Å². The highest BCUT2D eigenvalue weighted by atomic mass is 35.5. The lowest BCUT2D eigenvalue weighted by Crippen LogP contribution is -2.47. The molecule has 7 heteroatoms. The van der Waals surface area contributed by atoms with Crippen molar-refractivity contribution in [3.8, 4) is 0 Å². The number of hydrogen-bond donors (Lipinski definition) is 2. The van der Waals surface area contributed by atoms with E-state index in [0.29, 0.717) is 22.2 Å². The third-order valence-electron chi connectivity index (χ3n) is 3.34. The van der Waals surface area contributed by atoms with Crippen LogP contribution in [0.2, 0.25) is 10.0 Å². The van der Waals surface area contributed by atoms with E-state index >= 15 is 0 Å². The first-order valence-corrected chi connectivity index (χ1v) is 8.24. The average molecular weight is 361 g/mol. The van der Waals surface area contributed by atoms with Gasteiger partial charge in [0.05, 0.1) is 17.2 Å². The fraction of sp³-hybridized carbons (Fsp3) is 0.500. The van der Waals surface area contributed by atoms with E-state index in [4.69, 9.17) is 27.9 Å². The number of carbonyl (C=O) groups excluding carboxylic acids is 2. The zero-order valence-electron chi connectivity index (χ0n) is 13.5. The quantitative estimate of drug-likeness (QED) is 0.694. The second kappa shape index (κ2) is 9.63. The van der Waals surface area contributed by atoms with Crippen molar-refractivity contribution in [2.45, 2.75) is 45.2 Å². The van der Waals surface area contributed by atoms with Crippen molar-refractivity contribution < 1.29 is 14.3 Å².